The Bertz CT molecular complexity index is 1410. The van der Waals surface area contributed by atoms with Crippen molar-refractivity contribution in [2.24, 2.45) is 4.99 Å². The molecule has 3 aromatic carbocycles. The fourth-order valence-electron chi connectivity index (χ4n) is 4.41. The number of hydrogen-bond acceptors (Lipinski definition) is 5. The lowest BCUT2D eigenvalue weighted by atomic mass is 9.87. The number of benzene rings is 3. The third-order valence-electron chi connectivity index (χ3n) is 6.66. The molecule has 0 aliphatic carbocycles. The van der Waals surface area contributed by atoms with Gasteiger partial charge < -0.3 is 30.2 Å². The number of nitrogens with one attached hydrogen (secondary N) is 4. The fourth-order valence-corrected chi connectivity index (χ4v) is 4.41. The molecule has 0 aromatic heterocycles. The number of amides is 2. The Morgan fingerprint density at radius 2 is 1.69 bits per heavy atom. The van der Waals surface area contributed by atoms with Gasteiger partial charge >= 0.3 is 6.03 Å². The number of carbonyl (C=O) groups is 1. The average Bonchev–Trinajstić information content (AvgIpc) is 3.51. The predicted molar refractivity (Wildman–Crippen MR) is 173 cm³/mol. The van der Waals surface area contributed by atoms with E-state index >= 15 is 0 Å². The second-order valence-electron chi connectivity index (χ2n) is 10.6. The molecule has 0 saturated carbocycles. The van der Waals surface area contributed by atoms with E-state index in [1.165, 1.54) is 0 Å². The summed E-state index contributed by atoms with van der Waals surface area (Å²) < 4.78 is 17.2. The molecule has 4 N–H and O–H groups in total. The zero-order chi connectivity index (χ0) is 30.7. The Labute approximate surface area is 249 Å². The van der Waals surface area contributed by atoms with Crippen molar-refractivity contribution in [2.75, 3.05) is 38.0 Å². The summed E-state index contributed by atoms with van der Waals surface area (Å²) in [5, 5.41) is 14.2. The summed E-state index contributed by atoms with van der Waals surface area (Å²) in [6.07, 6.45) is 2.76. The number of rotatable bonds is 7. The number of nitrogens with zero attached hydrogens (tertiary/aromatic N) is 1. The smallest absolute Gasteiger partial charge is 0.323 e. The molecule has 0 bridgehead atoms. The molecule has 0 radical (unpaired) electrons. The topological polar surface area (TPSA) is 105 Å². The summed E-state index contributed by atoms with van der Waals surface area (Å²) in [7, 11) is 3.30. The van der Waals surface area contributed by atoms with Gasteiger partial charge in [0, 0.05) is 24.4 Å². The van der Waals surface area contributed by atoms with Gasteiger partial charge in [0.1, 0.15) is 11.5 Å². The largest absolute Gasteiger partial charge is 0.495 e. The number of carbonyl (C=O) groups excluding carboxylic acids is 1. The van der Waals surface area contributed by atoms with Crippen LogP contribution < -0.4 is 30.7 Å². The lowest BCUT2D eigenvalue weighted by Gasteiger charge is -2.21. The summed E-state index contributed by atoms with van der Waals surface area (Å²) in [6.45, 7) is 13.6. The van der Waals surface area contributed by atoms with E-state index < -0.39 is 0 Å². The molecule has 9 nitrogen and oxygen atoms in total. The maximum Gasteiger partial charge on any atom is 0.323 e. The first-order valence-corrected chi connectivity index (χ1v) is 14.4. The number of guanidine groups is 1. The van der Waals surface area contributed by atoms with Crippen molar-refractivity contribution < 1.29 is 19.0 Å². The summed E-state index contributed by atoms with van der Waals surface area (Å²) in [6, 6.07) is 17.1. The molecule has 3 aromatic rings. The third kappa shape index (κ3) is 8.39. The van der Waals surface area contributed by atoms with Crippen LogP contribution in [0.15, 0.2) is 71.5 Å². The number of urea groups is 1. The highest BCUT2D eigenvalue weighted by Gasteiger charge is 2.19. The van der Waals surface area contributed by atoms with Gasteiger partial charge in [-0.05, 0) is 54.7 Å². The van der Waals surface area contributed by atoms with Crippen LogP contribution in [0.4, 0.5) is 16.2 Å². The van der Waals surface area contributed by atoms with Crippen LogP contribution in [0.3, 0.4) is 0 Å². The van der Waals surface area contributed by atoms with Crippen molar-refractivity contribution in [1.29, 1.82) is 0 Å². The fraction of sp³-hybridized carbons (Fsp3) is 0.394. The molecular formula is C33H45N5O4. The third-order valence-corrected chi connectivity index (χ3v) is 6.66. The van der Waals surface area contributed by atoms with Crippen LogP contribution in [0, 0.1) is 0 Å². The Morgan fingerprint density at radius 3 is 2.31 bits per heavy atom. The average molecular weight is 576 g/mol. The van der Waals surface area contributed by atoms with Gasteiger partial charge in [0.25, 0.3) is 0 Å². The van der Waals surface area contributed by atoms with E-state index in [1.807, 2.05) is 81.4 Å². The van der Waals surface area contributed by atoms with Crippen molar-refractivity contribution in [1.82, 2.24) is 10.6 Å². The van der Waals surface area contributed by atoms with Crippen LogP contribution in [0.1, 0.15) is 53.5 Å². The lowest BCUT2D eigenvalue weighted by molar-refractivity contribution is 0.192. The van der Waals surface area contributed by atoms with Crippen molar-refractivity contribution in [3.8, 4) is 11.5 Å². The highest BCUT2D eigenvalue weighted by Crippen LogP contribution is 2.34. The molecule has 226 valence electrons. The number of ether oxygens (including phenoxy) is 3. The quantitative estimate of drug-likeness (QED) is 0.137. The molecule has 1 fully saturated rings. The molecular weight excluding hydrogens is 530 g/mol. The zero-order valence-corrected chi connectivity index (χ0v) is 26.1. The minimum atomic E-state index is -0.371. The molecule has 1 unspecified atom stereocenters. The maximum atomic E-state index is 13.1. The first-order valence-electron chi connectivity index (χ1n) is 14.4. The Kier molecular flexibility index (Phi) is 11.6. The van der Waals surface area contributed by atoms with Crippen molar-refractivity contribution in [3.05, 3.63) is 72.1 Å². The number of hydrogen-bond donors (Lipinski definition) is 4. The zero-order valence-electron chi connectivity index (χ0n) is 26.1. The van der Waals surface area contributed by atoms with Crippen LogP contribution in [-0.2, 0) is 10.2 Å². The van der Waals surface area contributed by atoms with Crippen LogP contribution >= 0.6 is 0 Å². The molecule has 1 heterocycles. The van der Waals surface area contributed by atoms with Gasteiger partial charge in [-0.25, -0.2) is 4.79 Å². The standard InChI is InChI=1S/C31H39N5O4.C2H6/c1-7-28(36-29(32-5)33-21-16-17-39-19-21)40-26-15-13-24(22-10-8-9-11-23(22)26)34-30(37)35-25-18-20(31(2,3)4)12-14-27(25)38-6;1-2/h7-15,18,21H,16-17,19H2,1-6H3,(H2,32,33,36)(H2,34,35,37);1-2H3/b28-7+;. The van der Waals surface area contributed by atoms with Crippen LogP contribution in [0.25, 0.3) is 10.8 Å². The number of aliphatic imine (C=N–C) groups is 1. The predicted octanol–water partition coefficient (Wildman–Crippen LogP) is 7.01. The number of allylic oxidation sites excluding steroid dienone is 1. The first-order chi connectivity index (χ1) is 20.2. The molecule has 1 aliphatic rings. The number of anilines is 2. The first kappa shape index (κ1) is 32.3. The van der Waals surface area contributed by atoms with E-state index in [2.05, 4.69) is 47.0 Å². The summed E-state index contributed by atoms with van der Waals surface area (Å²) in [4.78, 5) is 17.4. The van der Waals surface area contributed by atoms with E-state index in [-0.39, 0.29) is 17.5 Å². The Hall–Kier alpha value is -4.24. The SMILES string of the molecule is C/C=C(\NC(=NC)NC1CCOC1)Oc1ccc(NC(=O)Nc2cc(C(C)(C)C)ccc2OC)c2ccccc12.CC. The van der Waals surface area contributed by atoms with E-state index in [9.17, 15) is 4.79 Å². The minimum Gasteiger partial charge on any atom is -0.495 e. The van der Waals surface area contributed by atoms with Gasteiger partial charge in [0.05, 0.1) is 31.1 Å². The number of methoxy groups -OCH3 is 1. The summed E-state index contributed by atoms with van der Waals surface area (Å²) in [5.74, 6) is 2.37. The molecule has 9 heteroatoms. The lowest BCUT2D eigenvalue weighted by Crippen LogP contribution is -2.44. The van der Waals surface area contributed by atoms with Crippen LogP contribution in [-0.4, -0.2) is 45.4 Å². The van der Waals surface area contributed by atoms with Gasteiger partial charge in [-0.15, -0.1) is 0 Å². The van der Waals surface area contributed by atoms with Crippen molar-refractivity contribution in [2.45, 2.75) is 59.4 Å². The molecule has 1 aliphatic heterocycles. The van der Waals surface area contributed by atoms with Gasteiger partial charge in [-0.3, -0.25) is 10.3 Å². The molecule has 42 heavy (non-hydrogen) atoms. The summed E-state index contributed by atoms with van der Waals surface area (Å²) >= 11 is 0. The molecule has 0 spiro atoms. The van der Waals surface area contributed by atoms with E-state index in [0.717, 1.165) is 29.4 Å². The molecule has 1 saturated heterocycles. The highest BCUT2D eigenvalue weighted by molar-refractivity contribution is 6.08. The maximum absolute atomic E-state index is 13.1. The monoisotopic (exact) mass is 575 g/mol. The van der Waals surface area contributed by atoms with E-state index in [1.54, 1.807) is 14.2 Å². The molecule has 4 rings (SSSR count). The number of fused-ring (bicyclic) bond motifs is 1. The molecule has 2 amide bonds. The van der Waals surface area contributed by atoms with Crippen molar-refractivity contribution >= 4 is 34.1 Å². The van der Waals surface area contributed by atoms with Gasteiger partial charge in [-0.1, -0.05) is 65.0 Å². The summed E-state index contributed by atoms with van der Waals surface area (Å²) in [5.41, 5.74) is 2.27. The van der Waals surface area contributed by atoms with Crippen LogP contribution in [0.2, 0.25) is 0 Å². The Balaban J connectivity index is 0.00000237. The Morgan fingerprint density at radius 1 is 1.00 bits per heavy atom. The van der Waals surface area contributed by atoms with Gasteiger partial charge in [-0.2, -0.15) is 0 Å². The van der Waals surface area contributed by atoms with Gasteiger partial charge in [0.2, 0.25) is 0 Å². The minimum absolute atomic E-state index is 0.0728. The molecule has 1 atom stereocenters. The van der Waals surface area contributed by atoms with Gasteiger partial charge in [0.15, 0.2) is 11.8 Å². The van der Waals surface area contributed by atoms with Crippen LogP contribution in [0.5, 0.6) is 11.5 Å². The van der Waals surface area contributed by atoms with E-state index in [0.29, 0.717) is 41.3 Å². The highest BCUT2D eigenvalue weighted by atomic mass is 16.5. The van der Waals surface area contributed by atoms with Crippen molar-refractivity contribution in [3.63, 3.8) is 0 Å². The second-order valence-corrected chi connectivity index (χ2v) is 10.6. The second kappa shape index (κ2) is 15.1. The van der Waals surface area contributed by atoms with E-state index in [4.69, 9.17) is 14.2 Å². The normalized spacial score (nSPS) is 15.4.